The van der Waals surface area contributed by atoms with Crippen molar-refractivity contribution in [1.29, 1.82) is 0 Å². The number of fused-ring (bicyclic) bond motifs is 2. The summed E-state index contributed by atoms with van der Waals surface area (Å²) in [7, 11) is 3.96. The Hall–Kier alpha value is -2.46. The third-order valence-corrected chi connectivity index (χ3v) is 6.28. The minimum Gasteiger partial charge on any atom is -0.493 e. The van der Waals surface area contributed by atoms with Crippen molar-refractivity contribution in [3.05, 3.63) is 58.8 Å². The van der Waals surface area contributed by atoms with Crippen molar-refractivity contribution in [2.75, 3.05) is 27.3 Å². The highest BCUT2D eigenvalue weighted by Gasteiger charge is 2.27. The van der Waals surface area contributed by atoms with Crippen LogP contribution in [0.5, 0.6) is 11.5 Å². The molecule has 0 spiro atoms. The fourth-order valence-electron chi connectivity index (χ4n) is 4.58. The zero-order valence-corrected chi connectivity index (χ0v) is 18.0. The van der Waals surface area contributed by atoms with Crippen molar-refractivity contribution in [3.8, 4) is 11.5 Å². The largest absolute Gasteiger partial charge is 0.493 e. The fraction of sp³-hybridized carbons (Fsp3) is 0.440. The molecular weight excluding hydrogens is 360 g/mol. The van der Waals surface area contributed by atoms with Crippen molar-refractivity contribution in [3.63, 3.8) is 0 Å². The number of hydrogen-bond acceptors (Lipinski definition) is 3. The fourth-order valence-corrected chi connectivity index (χ4v) is 4.58. The normalized spacial score (nSPS) is 16.8. The summed E-state index contributed by atoms with van der Waals surface area (Å²) in [6, 6.07) is 11.6. The van der Waals surface area contributed by atoms with Gasteiger partial charge in [-0.15, -0.1) is 0 Å². The first-order chi connectivity index (χ1) is 14.1. The summed E-state index contributed by atoms with van der Waals surface area (Å²) in [5.74, 6) is 1.70. The molecule has 4 rings (SSSR count). The molecule has 1 atom stereocenters. The van der Waals surface area contributed by atoms with Crippen LogP contribution in [0.25, 0.3) is 10.9 Å². The molecule has 4 heteroatoms. The van der Waals surface area contributed by atoms with Crippen LogP contribution in [0.2, 0.25) is 0 Å². The number of aromatic nitrogens is 1. The van der Waals surface area contributed by atoms with E-state index in [0.29, 0.717) is 12.6 Å². The van der Waals surface area contributed by atoms with Crippen molar-refractivity contribution in [2.24, 2.45) is 0 Å². The van der Waals surface area contributed by atoms with E-state index in [1.54, 1.807) is 7.11 Å². The molecule has 154 valence electrons. The van der Waals surface area contributed by atoms with Crippen LogP contribution in [-0.2, 0) is 19.3 Å². The number of benzene rings is 2. The maximum atomic E-state index is 5.86. The number of likely N-dealkylation sites (N-methyl/N-ethyl adjacent to an activating group) is 1. The standard InChI is InChI=1S/C25H32N2O2/c1-5-17-7-9-22-20(13-17)19(16-26-22)8-10-23-21-15-25(29-6-2)24(28-4)14-18(21)11-12-27(23)3/h7,9,13-16,23,26H,5-6,8,10-12H2,1-4H3. The van der Waals surface area contributed by atoms with Gasteiger partial charge >= 0.3 is 0 Å². The van der Waals surface area contributed by atoms with Crippen LogP contribution in [0.15, 0.2) is 36.5 Å². The third-order valence-electron chi connectivity index (χ3n) is 6.28. The van der Waals surface area contributed by atoms with Crippen LogP contribution in [0.3, 0.4) is 0 Å². The van der Waals surface area contributed by atoms with Gasteiger partial charge < -0.3 is 14.5 Å². The van der Waals surface area contributed by atoms with E-state index in [1.165, 1.54) is 33.2 Å². The lowest BCUT2D eigenvalue weighted by atomic mass is 9.88. The number of H-pyrrole nitrogens is 1. The van der Waals surface area contributed by atoms with Crippen molar-refractivity contribution in [2.45, 2.75) is 45.6 Å². The van der Waals surface area contributed by atoms with Crippen molar-refractivity contribution < 1.29 is 9.47 Å². The Morgan fingerprint density at radius 2 is 2.00 bits per heavy atom. The van der Waals surface area contributed by atoms with Crippen LogP contribution in [0.1, 0.15) is 48.6 Å². The van der Waals surface area contributed by atoms with Crippen molar-refractivity contribution >= 4 is 10.9 Å². The van der Waals surface area contributed by atoms with Gasteiger partial charge in [-0.25, -0.2) is 0 Å². The van der Waals surface area contributed by atoms with E-state index >= 15 is 0 Å². The summed E-state index contributed by atoms with van der Waals surface area (Å²) in [6.07, 6.45) is 6.45. The van der Waals surface area contributed by atoms with E-state index in [9.17, 15) is 0 Å². The second kappa shape index (κ2) is 8.50. The maximum Gasteiger partial charge on any atom is 0.161 e. The topological polar surface area (TPSA) is 37.5 Å². The number of aromatic amines is 1. The van der Waals surface area contributed by atoms with E-state index in [4.69, 9.17) is 9.47 Å². The molecule has 0 aliphatic carbocycles. The van der Waals surface area contributed by atoms with E-state index in [-0.39, 0.29) is 0 Å². The molecule has 0 radical (unpaired) electrons. The molecule has 1 unspecified atom stereocenters. The predicted molar refractivity (Wildman–Crippen MR) is 119 cm³/mol. The van der Waals surface area contributed by atoms with Crippen LogP contribution >= 0.6 is 0 Å². The highest BCUT2D eigenvalue weighted by Crippen LogP contribution is 2.39. The minimum atomic E-state index is 0.392. The lowest BCUT2D eigenvalue weighted by molar-refractivity contribution is 0.217. The summed E-state index contributed by atoms with van der Waals surface area (Å²) in [4.78, 5) is 5.93. The number of ether oxygens (including phenoxy) is 2. The predicted octanol–water partition coefficient (Wildman–Crippen LogP) is 5.30. The molecule has 0 saturated heterocycles. The highest BCUT2D eigenvalue weighted by atomic mass is 16.5. The Morgan fingerprint density at radius 1 is 1.14 bits per heavy atom. The van der Waals surface area contributed by atoms with E-state index in [1.807, 2.05) is 6.92 Å². The molecule has 2 aromatic carbocycles. The molecule has 29 heavy (non-hydrogen) atoms. The molecule has 1 aromatic heterocycles. The lowest BCUT2D eigenvalue weighted by Crippen LogP contribution is -2.32. The van der Waals surface area contributed by atoms with E-state index < -0.39 is 0 Å². The molecule has 0 bridgehead atoms. The smallest absolute Gasteiger partial charge is 0.161 e. The molecule has 1 aliphatic heterocycles. The molecule has 0 amide bonds. The lowest BCUT2D eigenvalue weighted by Gasteiger charge is -2.35. The second-order valence-corrected chi connectivity index (χ2v) is 7.97. The van der Waals surface area contributed by atoms with Gasteiger partial charge in [0.1, 0.15) is 0 Å². The molecule has 2 heterocycles. The van der Waals surface area contributed by atoms with Gasteiger partial charge in [0.2, 0.25) is 0 Å². The Kier molecular flexibility index (Phi) is 5.81. The average Bonchev–Trinajstić information content (AvgIpc) is 3.15. The first kappa shape index (κ1) is 19.8. The highest BCUT2D eigenvalue weighted by molar-refractivity contribution is 5.83. The van der Waals surface area contributed by atoms with Gasteiger partial charge in [-0.05, 0) is 86.2 Å². The molecule has 1 aliphatic rings. The number of hydrogen-bond donors (Lipinski definition) is 1. The number of rotatable bonds is 7. The quantitative estimate of drug-likeness (QED) is 0.593. The summed E-state index contributed by atoms with van der Waals surface area (Å²) in [5, 5.41) is 1.37. The zero-order chi connectivity index (χ0) is 20.4. The Balaban J connectivity index is 1.62. The van der Waals surface area contributed by atoms with Gasteiger partial charge in [0, 0.05) is 29.7 Å². The minimum absolute atomic E-state index is 0.392. The Morgan fingerprint density at radius 3 is 2.76 bits per heavy atom. The number of methoxy groups -OCH3 is 1. The summed E-state index contributed by atoms with van der Waals surface area (Å²) in [6.45, 7) is 5.95. The summed E-state index contributed by atoms with van der Waals surface area (Å²) in [5.41, 5.74) is 6.82. The number of aryl methyl sites for hydroxylation is 2. The summed E-state index contributed by atoms with van der Waals surface area (Å²) < 4.78 is 11.4. The first-order valence-corrected chi connectivity index (χ1v) is 10.8. The molecule has 3 aromatic rings. The van der Waals surface area contributed by atoms with Crippen LogP contribution < -0.4 is 9.47 Å². The van der Waals surface area contributed by atoms with Gasteiger partial charge in [0.15, 0.2) is 11.5 Å². The first-order valence-electron chi connectivity index (χ1n) is 10.8. The molecule has 0 fully saturated rings. The number of nitrogens with zero attached hydrogens (tertiary/aromatic N) is 1. The molecule has 0 saturated carbocycles. The maximum absolute atomic E-state index is 5.86. The van der Waals surface area contributed by atoms with Gasteiger partial charge in [-0.3, -0.25) is 4.90 Å². The van der Waals surface area contributed by atoms with Crippen LogP contribution in [0.4, 0.5) is 0 Å². The monoisotopic (exact) mass is 392 g/mol. The van der Waals surface area contributed by atoms with E-state index in [0.717, 1.165) is 43.7 Å². The average molecular weight is 393 g/mol. The van der Waals surface area contributed by atoms with Gasteiger partial charge in [0.05, 0.1) is 13.7 Å². The number of nitrogens with one attached hydrogen (secondary N) is 1. The van der Waals surface area contributed by atoms with Crippen LogP contribution in [0, 0.1) is 0 Å². The van der Waals surface area contributed by atoms with Crippen LogP contribution in [-0.4, -0.2) is 37.2 Å². The van der Waals surface area contributed by atoms with Gasteiger partial charge in [-0.2, -0.15) is 0 Å². The molecule has 1 N–H and O–H groups in total. The third kappa shape index (κ3) is 3.86. The summed E-state index contributed by atoms with van der Waals surface area (Å²) >= 11 is 0. The second-order valence-electron chi connectivity index (χ2n) is 7.97. The Labute approximate surface area is 173 Å². The molecular formula is C25H32N2O2. The van der Waals surface area contributed by atoms with Gasteiger partial charge in [0.25, 0.3) is 0 Å². The Bertz CT molecular complexity index is 992. The van der Waals surface area contributed by atoms with Crippen molar-refractivity contribution in [1.82, 2.24) is 9.88 Å². The zero-order valence-electron chi connectivity index (χ0n) is 18.0. The van der Waals surface area contributed by atoms with Gasteiger partial charge in [-0.1, -0.05) is 13.0 Å². The van der Waals surface area contributed by atoms with E-state index in [2.05, 4.69) is 60.4 Å². The SMILES string of the molecule is CCOc1cc2c(cc1OC)CCN(C)C2CCc1c[nH]c2ccc(CC)cc12. The molecule has 4 nitrogen and oxygen atoms in total.